The molecule has 0 radical (unpaired) electrons. The number of ether oxygens (including phenoxy) is 1. The number of amides is 2. The van der Waals surface area contributed by atoms with Gasteiger partial charge in [0.25, 0.3) is 0 Å². The molecular weight excluding hydrogens is 425 g/mol. The number of rotatable bonds is 6. The van der Waals surface area contributed by atoms with Crippen molar-refractivity contribution >= 4 is 22.8 Å². The second kappa shape index (κ2) is 9.78. The summed E-state index contributed by atoms with van der Waals surface area (Å²) in [4.78, 5) is 24.5. The van der Waals surface area contributed by atoms with Crippen molar-refractivity contribution in [2.75, 3.05) is 44.6 Å². The number of hydrogen-bond acceptors (Lipinski definition) is 5. The fourth-order valence-electron chi connectivity index (χ4n) is 4.56. The van der Waals surface area contributed by atoms with E-state index in [9.17, 15) is 9.18 Å². The minimum Gasteiger partial charge on any atom is -0.489 e. The van der Waals surface area contributed by atoms with Crippen LogP contribution in [0.15, 0.2) is 18.3 Å². The van der Waals surface area contributed by atoms with Gasteiger partial charge in [0.05, 0.1) is 22.9 Å². The van der Waals surface area contributed by atoms with Crippen LogP contribution in [0.4, 0.5) is 14.9 Å². The maximum absolute atomic E-state index is 14.6. The lowest BCUT2D eigenvalue weighted by molar-refractivity contribution is 0.180. The Bertz CT molecular complexity index is 1100. The average Bonchev–Trinajstić information content (AvgIpc) is 3.46. The van der Waals surface area contributed by atoms with Crippen molar-refractivity contribution in [1.29, 1.82) is 0 Å². The molecule has 2 aliphatic heterocycles. The van der Waals surface area contributed by atoms with Crippen molar-refractivity contribution in [3.05, 3.63) is 24.1 Å². The number of halogens is 1. The van der Waals surface area contributed by atoms with Crippen molar-refractivity contribution in [1.82, 2.24) is 30.0 Å². The number of fused-ring (bicyclic) bond motifs is 1. The van der Waals surface area contributed by atoms with E-state index < -0.39 is 5.82 Å². The van der Waals surface area contributed by atoms with E-state index >= 15 is 0 Å². The van der Waals surface area contributed by atoms with Crippen LogP contribution in [0.2, 0.25) is 0 Å². The first-order chi connectivity index (χ1) is 16.2. The van der Waals surface area contributed by atoms with E-state index in [1.54, 1.807) is 12.3 Å². The number of carbonyl (C=O) groups is 1. The van der Waals surface area contributed by atoms with Crippen LogP contribution in [-0.4, -0.2) is 75.3 Å². The molecular formula is C23H30FN7O2. The van der Waals surface area contributed by atoms with E-state index in [-0.39, 0.29) is 11.8 Å². The molecule has 2 amide bonds. The van der Waals surface area contributed by atoms with Crippen LogP contribution in [0.5, 0.6) is 5.75 Å². The van der Waals surface area contributed by atoms with Crippen LogP contribution >= 0.6 is 0 Å². The zero-order valence-electron chi connectivity index (χ0n) is 18.7. The smallest absolute Gasteiger partial charge is 0.321 e. The minimum absolute atomic E-state index is 0.149. The van der Waals surface area contributed by atoms with E-state index in [0.717, 1.165) is 52.0 Å². The number of aromatic nitrogens is 4. The minimum atomic E-state index is -0.431. The third-order valence-corrected chi connectivity index (χ3v) is 6.41. The summed E-state index contributed by atoms with van der Waals surface area (Å²) >= 11 is 0. The van der Waals surface area contributed by atoms with E-state index in [4.69, 9.17) is 4.74 Å². The molecule has 2 aliphatic rings. The molecule has 10 heteroatoms. The molecule has 33 heavy (non-hydrogen) atoms. The molecule has 2 fully saturated rings. The number of aromatic amines is 2. The highest BCUT2D eigenvalue weighted by molar-refractivity contribution is 5.93. The van der Waals surface area contributed by atoms with Gasteiger partial charge in [0.2, 0.25) is 0 Å². The maximum atomic E-state index is 14.6. The molecule has 0 bridgehead atoms. The van der Waals surface area contributed by atoms with Gasteiger partial charge in [0.1, 0.15) is 12.3 Å². The van der Waals surface area contributed by atoms with E-state index in [0.29, 0.717) is 34.8 Å². The number of likely N-dealkylation sites (tertiary alicyclic amines) is 2. The highest BCUT2D eigenvalue weighted by atomic mass is 19.1. The topological polar surface area (TPSA) is 102 Å². The summed E-state index contributed by atoms with van der Waals surface area (Å²) in [7, 11) is 0. The number of benzene rings is 1. The molecule has 4 heterocycles. The van der Waals surface area contributed by atoms with Crippen LogP contribution in [-0.2, 0) is 0 Å². The lowest BCUT2D eigenvalue weighted by atomic mass is 10.1. The van der Waals surface area contributed by atoms with Crippen molar-refractivity contribution in [3.8, 4) is 17.3 Å². The molecule has 176 valence electrons. The first-order valence-electron chi connectivity index (χ1n) is 11.8. The van der Waals surface area contributed by atoms with Crippen molar-refractivity contribution < 1.29 is 13.9 Å². The SMILES string of the molecule is O=C(Nc1cn[nH]c1-c1nc2cc(OCCN3CCCCC3)c(F)cc2[nH]1)N1CCCCC1. The number of anilines is 1. The van der Waals surface area contributed by atoms with Gasteiger partial charge < -0.3 is 19.9 Å². The summed E-state index contributed by atoms with van der Waals surface area (Å²) in [6, 6.07) is 2.86. The lowest BCUT2D eigenvalue weighted by Crippen LogP contribution is -2.38. The summed E-state index contributed by atoms with van der Waals surface area (Å²) in [5.41, 5.74) is 2.21. The fraction of sp³-hybridized carbons (Fsp3) is 0.522. The van der Waals surface area contributed by atoms with Crippen molar-refractivity contribution in [2.45, 2.75) is 38.5 Å². The van der Waals surface area contributed by atoms with Crippen LogP contribution < -0.4 is 10.1 Å². The van der Waals surface area contributed by atoms with Gasteiger partial charge in [-0.3, -0.25) is 10.00 Å². The third-order valence-electron chi connectivity index (χ3n) is 6.41. The molecule has 0 aliphatic carbocycles. The Morgan fingerprint density at radius 3 is 2.64 bits per heavy atom. The van der Waals surface area contributed by atoms with Gasteiger partial charge in [-0.05, 0) is 45.2 Å². The summed E-state index contributed by atoms with van der Waals surface area (Å²) < 4.78 is 20.4. The van der Waals surface area contributed by atoms with Gasteiger partial charge >= 0.3 is 6.03 Å². The van der Waals surface area contributed by atoms with Crippen LogP contribution in [0.25, 0.3) is 22.6 Å². The zero-order valence-corrected chi connectivity index (χ0v) is 18.7. The Hall–Kier alpha value is -3.14. The van der Waals surface area contributed by atoms with Crippen molar-refractivity contribution in [3.63, 3.8) is 0 Å². The molecule has 0 spiro atoms. The van der Waals surface area contributed by atoms with E-state index in [1.165, 1.54) is 25.3 Å². The molecule has 3 aromatic rings. The highest BCUT2D eigenvalue weighted by Gasteiger charge is 2.20. The molecule has 3 N–H and O–H groups in total. The van der Waals surface area contributed by atoms with Gasteiger partial charge in [0, 0.05) is 31.8 Å². The Morgan fingerprint density at radius 2 is 1.85 bits per heavy atom. The first-order valence-corrected chi connectivity index (χ1v) is 11.8. The molecule has 2 saturated heterocycles. The van der Waals surface area contributed by atoms with E-state index in [1.807, 2.05) is 4.90 Å². The fourth-order valence-corrected chi connectivity index (χ4v) is 4.56. The van der Waals surface area contributed by atoms with Gasteiger partial charge in [0.15, 0.2) is 17.4 Å². The highest BCUT2D eigenvalue weighted by Crippen LogP contribution is 2.29. The number of nitrogens with one attached hydrogen (secondary N) is 3. The number of carbonyl (C=O) groups excluding carboxylic acids is 1. The van der Waals surface area contributed by atoms with Gasteiger partial charge in [-0.1, -0.05) is 6.42 Å². The van der Waals surface area contributed by atoms with Gasteiger partial charge in [-0.25, -0.2) is 14.2 Å². The van der Waals surface area contributed by atoms with Crippen LogP contribution in [0.1, 0.15) is 38.5 Å². The summed E-state index contributed by atoms with van der Waals surface area (Å²) in [6.07, 6.45) is 8.45. The standard InChI is InChI=1S/C23H30FN7O2/c24-16-13-17-18(14-20(16)33-12-11-30-7-3-1-4-8-30)27-22(26-17)21-19(15-25-29-21)28-23(32)31-9-5-2-6-10-31/h13-15H,1-12H2,(H,25,29)(H,26,27)(H,28,32). The Kier molecular flexibility index (Phi) is 6.43. The Balaban J connectivity index is 1.28. The Labute approximate surface area is 191 Å². The zero-order chi connectivity index (χ0) is 22.6. The maximum Gasteiger partial charge on any atom is 0.321 e. The molecule has 9 nitrogen and oxygen atoms in total. The molecule has 5 rings (SSSR count). The number of piperidine rings is 2. The van der Waals surface area contributed by atoms with Crippen LogP contribution in [0.3, 0.4) is 0 Å². The Morgan fingerprint density at radius 1 is 1.09 bits per heavy atom. The summed E-state index contributed by atoms with van der Waals surface area (Å²) in [5.74, 6) is 0.238. The molecule has 0 atom stereocenters. The second-order valence-electron chi connectivity index (χ2n) is 8.77. The largest absolute Gasteiger partial charge is 0.489 e. The summed E-state index contributed by atoms with van der Waals surface area (Å²) in [5, 5.41) is 9.86. The normalized spacial score (nSPS) is 17.4. The van der Waals surface area contributed by atoms with E-state index in [2.05, 4.69) is 30.4 Å². The third kappa shape index (κ3) is 4.95. The molecule has 0 unspecified atom stereocenters. The van der Waals surface area contributed by atoms with Crippen LogP contribution in [0, 0.1) is 5.82 Å². The molecule has 2 aromatic heterocycles. The van der Waals surface area contributed by atoms with Gasteiger partial charge in [-0.15, -0.1) is 0 Å². The number of urea groups is 1. The quantitative estimate of drug-likeness (QED) is 0.522. The number of hydrogen-bond donors (Lipinski definition) is 3. The van der Waals surface area contributed by atoms with Gasteiger partial charge in [-0.2, -0.15) is 5.10 Å². The predicted octanol–water partition coefficient (Wildman–Crippen LogP) is 3.97. The first kappa shape index (κ1) is 21.7. The average molecular weight is 456 g/mol. The lowest BCUT2D eigenvalue weighted by Gasteiger charge is -2.26. The number of imidazole rings is 1. The van der Waals surface area contributed by atoms with Crippen molar-refractivity contribution in [2.24, 2.45) is 0 Å². The predicted molar refractivity (Wildman–Crippen MR) is 124 cm³/mol. The molecule has 0 saturated carbocycles. The second-order valence-corrected chi connectivity index (χ2v) is 8.77. The number of H-pyrrole nitrogens is 2. The monoisotopic (exact) mass is 455 g/mol. The summed E-state index contributed by atoms with van der Waals surface area (Å²) in [6.45, 7) is 4.89. The molecule has 1 aromatic carbocycles. The number of nitrogens with zero attached hydrogens (tertiary/aromatic N) is 4.